The number of nitrogens with zero attached hydrogens (tertiary/aromatic N) is 4. The van der Waals surface area contributed by atoms with Gasteiger partial charge in [0.25, 0.3) is 0 Å². The van der Waals surface area contributed by atoms with Crippen LogP contribution in [0.25, 0.3) is 0 Å². The molecule has 1 aromatic heterocycles. The lowest BCUT2D eigenvalue weighted by atomic mass is 9.44. The monoisotopic (exact) mass is 276 g/mol. The predicted octanol–water partition coefficient (Wildman–Crippen LogP) is 1.62. The number of tetrazole rings is 1. The van der Waals surface area contributed by atoms with Crippen molar-refractivity contribution in [2.24, 2.45) is 17.3 Å². The van der Waals surface area contributed by atoms with E-state index in [0.29, 0.717) is 5.41 Å². The van der Waals surface area contributed by atoms with Gasteiger partial charge in [0.05, 0.1) is 0 Å². The van der Waals surface area contributed by atoms with E-state index in [4.69, 9.17) is 5.11 Å². The Morgan fingerprint density at radius 3 is 2.65 bits per heavy atom. The second kappa shape index (κ2) is 3.80. The van der Waals surface area contributed by atoms with Gasteiger partial charge in [0, 0.05) is 5.41 Å². The van der Waals surface area contributed by atoms with Crippen LogP contribution < -0.4 is 0 Å². The van der Waals surface area contributed by atoms with Gasteiger partial charge in [0.2, 0.25) is 0 Å². The molecule has 1 aromatic rings. The van der Waals surface area contributed by atoms with Crippen molar-refractivity contribution in [3.8, 4) is 0 Å². The molecule has 4 saturated carbocycles. The van der Waals surface area contributed by atoms with Gasteiger partial charge in [-0.1, -0.05) is 6.92 Å². The lowest BCUT2D eigenvalue weighted by Gasteiger charge is -2.60. The normalized spacial score (nSPS) is 42.0. The summed E-state index contributed by atoms with van der Waals surface area (Å²) in [4.78, 5) is 11.0. The van der Waals surface area contributed by atoms with E-state index >= 15 is 0 Å². The lowest BCUT2D eigenvalue weighted by Crippen LogP contribution is -2.54. The minimum atomic E-state index is -0.880. The Morgan fingerprint density at radius 2 is 2.05 bits per heavy atom. The number of carboxylic acid groups (broad SMARTS) is 1. The zero-order chi connectivity index (χ0) is 14.0. The van der Waals surface area contributed by atoms with Crippen molar-refractivity contribution in [2.45, 2.75) is 57.4 Å². The lowest BCUT2D eigenvalue weighted by molar-refractivity contribution is -0.138. The molecule has 0 aromatic carbocycles. The van der Waals surface area contributed by atoms with Crippen LogP contribution in [-0.2, 0) is 16.8 Å². The van der Waals surface area contributed by atoms with Crippen LogP contribution in [0.5, 0.6) is 0 Å². The second-order valence-corrected chi connectivity index (χ2v) is 7.61. The average Bonchev–Trinajstić information content (AvgIpc) is 2.73. The van der Waals surface area contributed by atoms with Crippen molar-refractivity contribution >= 4 is 5.97 Å². The minimum Gasteiger partial charge on any atom is -0.480 e. The van der Waals surface area contributed by atoms with E-state index in [1.165, 1.54) is 23.9 Å². The first kappa shape index (κ1) is 12.3. The third-order valence-corrected chi connectivity index (χ3v) is 5.64. The fraction of sp³-hybridized carbons (Fsp3) is 0.857. The van der Waals surface area contributed by atoms with Crippen LogP contribution in [0.3, 0.4) is 0 Å². The van der Waals surface area contributed by atoms with Crippen LogP contribution in [0, 0.1) is 17.3 Å². The van der Waals surface area contributed by atoms with Crippen LogP contribution in [-0.4, -0.2) is 31.3 Å². The summed E-state index contributed by atoms with van der Waals surface area (Å²) in [6.07, 6.45) is 7.39. The molecule has 4 bridgehead atoms. The molecule has 0 spiro atoms. The first-order valence-corrected chi connectivity index (χ1v) is 7.47. The molecule has 2 unspecified atom stereocenters. The van der Waals surface area contributed by atoms with Crippen molar-refractivity contribution in [2.75, 3.05) is 0 Å². The van der Waals surface area contributed by atoms with Crippen LogP contribution in [0.4, 0.5) is 0 Å². The zero-order valence-corrected chi connectivity index (χ0v) is 11.7. The summed E-state index contributed by atoms with van der Waals surface area (Å²) in [6, 6.07) is 0. The molecule has 0 saturated heterocycles. The van der Waals surface area contributed by atoms with Gasteiger partial charge >= 0.3 is 5.97 Å². The highest BCUT2D eigenvalue weighted by Crippen LogP contribution is 2.65. The highest BCUT2D eigenvalue weighted by molar-refractivity contribution is 5.66. The van der Waals surface area contributed by atoms with Crippen molar-refractivity contribution < 1.29 is 9.90 Å². The molecular weight excluding hydrogens is 256 g/mol. The quantitative estimate of drug-likeness (QED) is 0.907. The molecule has 4 aliphatic rings. The molecule has 1 N–H and O–H groups in total. The van der Waals surface area contributed by atoms with Gasteiger partial charge in [-0.15, -0.1) is 5.10 Å². The van der Waals surface area contributed by atoms with Crippen molar-refractivity contribution in [1.82, 2.24) is 20.2 Å². The summed E-state index contributed by atoms with van der Waals surface area (Å²) in [5.74, 6) is 1.49. The third-order valence-electron chi connectivity index (χ3n) is 5.64. The Hall–Kier alpha value is -1.46. The maximum Gasteiger partial charge on any atom is 0.325 e. The topological polar surface area (TPSA) is 80.9 Å². The summed E-state index contributed by atoms with van der Waals surface area (Å²) in [5, 5.41) is 20.9. The van der Waals surface area contributed by atoms with Gasteiger partial charge < -0.3 is 5.11 Å². The number of aliphatic carboxylic acids is 1. The maximum absolute atomic E-state index is 11.0. The Kier molecular flexibility index (Phi) is 2.34. The molecule has 6 nitrogen and oxygen atoms in total. The Bertz CT molecular complexity index is 553. The standard InChI is InChI=1S/C14H20N4O2/c1-13-3-9-2-10(4-13)6-14(5-9,8-13)12-15-16-17-18(12)7-11(19)20/h9-10H,2-8H2,1H3,(H,19,20). The van der Waals surface area contributed by atoms with Crippen LogP contribution >= 0.6 is 0 Å². The van der Waals surface area contributed by atoms with Gasteiger partial charge in [-0.2, -0.15) is 0 Å². The zero-order valence-electron chi connectivity index (χ0n) is 11.7. The molecule has 4 fully saturated rings. The Labute approximate surface area is 117 Å². The first-order chi connectivity index (χ1) is 9.48. The molecule has 5 rings (SSSR count). The number of hydrogen-bond donors (Lipinski definition) is 1. The van der Waals surface area contributed by atoms with Gasteiger partial charge in [0.1, 0.15) is 6.54 Å². The summed E-state index contributed by atoms with van der Waals surface area (Å²) < 4.78 is 1.51. The van der Waals surface area contributed by atoms with Crippen LogP contribution in [0.1, 0.15) is 51.3 Å². The van der Waals surface area contributed by atoms with Gasteiger partial charge in [-0.05, 0) is 66.2 Å². The molecule has 0 amide bonds. The van der Waals surface area contributed by atoms with Crippen LogP contribution in [0.2, 0.25) is 0 Å². The second-order valence-electron chi connectivity index (χ2n) is 7.61. The number of carboxylic acids is 1. The fourth-order valence-corrected chi connectivity index (χ4v) is 5.80. The predicted molar refractivity (Wildman–Crippen MR) is 69.9 cm³/mol. The smallest absolute Gasteiger partial charge is 0.325 e. The Balaban J connectivity index is 1.74. The molecule has 20 heavy (non-hydrogen) atoms. The van der Waals surface area contributed by atoms with E-state index in [2.05, 4.69) is 22.4 Å². The molecule has 4 aliphatic carbocycles. The highest BCUT2D eigenvalue weighted by atomic mass is 16.4. The fourth-order valence-electron chi connectivity index (χ4n) is 5.80. The molecule has 1 heterocycles. The van der Waals surface area contributed by atoms with E-state index in [-0.39, 0.29) is 12.0 Å². The van der Waals surface area contributed by atoms with E-state index in [1.54, 1.807) is 0 Å². The van der Waals surface area contributed by atoms with E-state index in [9.17, 15) is 4.79 Å². The van der Waals surface area contributed by atoms with Gasteiger partial charge in [-0.25, -0.2) is 4.68 Å². The molecule has 0 aliphatic heterocycles. The number of rotatable bonds is 3. The molecule has 0 radical (unpaired) electrons. The summed E-state index contributed by atoms with van der Waals surface area (Å²) in [6.45, 7) is 2.26. The molecule has 6 heteroatoms. The molecule has 2 atom stereocenters. The SMILES string of the molecule is CC12CC3CC(C1)CC(c1nnnn1CC(=O)O)(C3)C2. The van der Waals surface area contributed by atoms with E-state index in [1.807, 2.05) is 0 Å². The van der Waals surface area contributed by atoms with Gasteiger partial charge in [0.15, 0.2) is 5.82 Å². The average molecular weight is 276 g/mol. The first-order valence-electron chi connectivity index (χ1n) is 7.47. The number of aromatic nitrogens is 4. The highest BCUT2D eigenvalue weighted by Gasteiger charge is 2.58. The third kappa shape index (κ3) is 1.70. The largest absolute Gasteiger partial charge is 0.480 e. The van der Waals surface area contributed by atoms with Crippen molar-refractivity contribution in [3.05, 3.63) is 5.82 Å². The number of hydrogen-bond acceptors (Lipinski definition) is 4. The van der Waals surface area contributed by atoms with Crippen molar-refractivity contribution in [3.63, 3.8) is 0 Å². The van der Waals surface area contributed by atoms with E-state index in [0.717, 1.165) is 36.9 Å². The minimum absolute atomic E-state index is 0.0256. The van der Waals surface area contributed by atoms with Crippen molar-refractivity contribution in [1.29, 1.82) is 0 Å². The van der Waals surface area contributed by atoms with Gasteiger partial charge in [-0.3, -0.25) is 4.79 Å². The summed E-state index contributed by atoms with van der Waals surface area (Å²) in [5.41, 5.74) is 0.432. The molecule has 108 valence electrons. The van der Waals surface area contributed by atoms with Crippen LogP contribution in [0.15, 0.2) is 0 Å². The number of carbonyl (C=O) groups is 1. The summed E-state index contributed by atoms with van der Waals surface area (Å²) in [7, 11) is 0. The molecular formula is C14H20N4O2. The van der Waals surface area contributed by atoms with E-state index < -0.39 is 5.97 Å². The Morgan fingerprint density at radius 1 is 1.35 bits per heavy atom. The summed E-state index contributed by atoms with van der Waals surface area (Å²) >= 11 is 0. The maximum atomic E-state index is 11.0.